The molecule has 0 aliphatic rings. The number of carbonyl (C=O) groups excluding carboxylic acids is 1. The lowest BCUT2D eigenvalue weighted by molar-refractivity contribution is -0.113. The monoisotopic (exact) mass is 381 g/mol. The molecule has 0 spiro atoms. The van der Waals surface area contributed by atoms with Crippen molar-refractivity contribution in [2.24, 2.45) is 0 Å². The normalized spacial score (nSPS) is 12.0. The largest absolute Gasteiger partial charge is 0.325 e. The number of nitrogens with zero attached hydrogens (tertiary/aromatic N) is 4. The smallest absolute Gasteiger partial charge is 0.234 e. The lowest BCUT2D eigenvalue weighted by Gasteiger charge is -2.15. The van der Waals surface area contributed by atoms with E-state index in [4.69, 9.17) is 0 Å². The van der Waals surface area contributed by atoms with Gasteiger partial charge in [-0.15, -0.1) is 5.10 Å². The second kappa shape index (κ2) is 8.81. The van der Waals surface area contributed by atoms with Crippen molar-refractivity contribution in [1.82, 2.24) is 20.2 Å². The average Bonchev–Trinajstić information content (AvgIpc) is 3.15. The van der Waals surface area contributed by atoms with Gasteiger partial charge in [0, 0.05) is 5.69 Å². The van der Waals surface area contributed by atoms with Crippen LogP contribution in [-0.2, 0) is 4.79 Å². The summed E-state index contributed by atoms with van der Waals surface area (Å²) < 4.78 is 1.65. The Bertz CT molecular complexity index is 924. The van der Waals surface area contributed by atoms with Crippen molar-refractivity contribution < 1.29 is 4.79 Å². The maximum absolute atomic E-state index is 12.5. The van der Waals surface area contributed by atoms with Gasteiger partial charge in [-0.05, 0) is 59.0 Å². The van der Waals surface area contributed by atoms with Gasteiger partial charge >= 0.3 is 0 Å². The number of carbonyl (C=O) groups is 1. The number of rotatable bonds is 7. The van der Waals surface area contributed by atoms with Gasteiger partial charge in [0.15, 0.2) is 0 Å². The molecule has 6 nitrogen and oxygen atoms in total. The lowest BCUT2D eigenvalue weighted by atomic mass is 9.97. The van der Waals surface area contributed by atoms with Crippen LogP contribution >= 0.6 is 11.8 Å². The number of para-hydroxylation sites is 1. The van der Waals surface area contributed by atoms with E-state index in [0.29, 0.717) is 11.1 Å². The fourth-order valence-electron chi connectivity index (χ4n) is 2.77. The van der Waals surface area contributed by atoms with Crippen LogP contribution in [-0.4, -0.2) is 31.9 Å². The van der Waals surface area contributed by atoms with Crippen LogP contribution in [0, 0.1) is 6.92 Å². The Kier molecular flexibility index (Phi) is 6.24. The molecule has 1 atom stereocenters. The van der Waals surface area contributed by atoms with Crippen LogP contribution in [0.3, 0.4) is 0 Å². The van der Waals surface area contributed by atoms with E-state index in [0.717, 1.165) is 28.9 Å². The highest BCUT2D eigenvalue weighted by atomic mass is 32.2. The molecule has 0 aliphatic heterocycles. The van der Waals surface area contributed by atoms with Crippen LogP contribution in [0.5, 0.6) is 0 Å². The highest BCUT2D eigenvalue weighted by molar-refractivity contribution is 7.99. The molecule has 0 bridgehead atoms. The third kappa shape index (κ3) is 4.74. The second-order valence-electron chi connectivity index (χ2n) is 6.45. The van der Waals surface area contributed by atoms with Crippen molar-refractivity contribution in [1.29, 1.82) is 0 Å². The topological polar surface area (TPSA) is 72.7 Å². The average molecular weight is 382 g/mol. The molecule has 0 radical (unpaired) electrons. The zero-order valence-corrected chi connectivity index (χ0v) is 16.5. The van der Waals surface area contributed by atoms with Gasteiger partial charge in [-0.25, -0.2) is 0 Å². The molecule has 0 saturated heterocycles. The first-order valence-corrected chi connectivity index (χ1v) is 9.94. The molecule has 0 aliphatic carbocycles. The van der Waals surface area contributed by atoms with Gasteiger partial charge in [0.25, 0.3) is 0 Å². The molecule has 1 aromatic heterocycles. The molecule has 0 fully saturated rings. The molecule has 1 heterocycles. The van der Waals surface area contributed by atoms with E-state index in [1.165, 1.54) is 11.8 Å². The first-order valence-electron chi connectivity index (χ1n) is 8.95. The standard InChI is InChI=1S/C20H23N5OS/c1-4-15(3)17-10-5-6-11-18(17)21-19(26)13-27-20-22-23-24-25(20)16-9-7-8-14(2)12-16/h5-12,15H,4,13H2,1-3H3,(H,21,26)/t15-/m1/s1. The first kappa shape index (κ1) is 19.1. The van der Waals surface area contributed by atoms with E-state index >= 15 is 0 Å². The number of hydrogen-bond acceptors (Lipinski definition) is 5. The minimum Gasteiger partial charge on any atom is -0.325 e. The Hall–Kier alpha value is -2.67. The molecule has 1 N–H and O–H groups in total. The summed E-state index contributed by atoms with van der Waals surface area (Å²) in [6, 6.07) is 15.9. The highest BCUT2D eigenvalue weighted by Gasteiger charge is 2.14. The Morgan fingerprint density at radius 1 is 1.22 bits per heavy atom. The number of benzene rings is 2. The van der Waals surface area contributed by atoms with E-state index < -0.39 is 0 Å². The molecule has 0 unspecified atom stereocenters. The number of amides is 1. The highest BCUT2D eigenvalue weighted by Crippen LogP contribution is 2.27. The Morgan fingerprint density at radius 3 is 2.81 bits per heavy atom. The summed E-state index contributed by atoms with van der Waals surface area (Å²) in [5, 5.41) is 15.4. The summed E-state index contributed by atoms with van der Waals surface area (Å²) in [5.74, 6) is 0.554. The molecular weight excluding hydrogens is 358 g/mol. The third-order valence-electron chi connectivity index (χ3n) is 4.40. The maximum Gasteiger partial charge on any atom is 0.234 e. The van der Waals surface area contributed by atoms with E-state index in [1.54, 1.807) is 4.68 Å². The zero-order valence-electron chi connectivity index (χ0n) is 15.7. The van der Waals surface area contributed by atoms with Crippen LogP contribution in [0.25, 0.3) is 5.69 Å². The van der Waals surface area contributed by atoms with Gasteiger partial charge in [-0.3, -0.25) is 4.79 Å². The molecule has 2 aromatic carbocycles. The summed E-state index contributed by atoms with van der Waals surface area (Å²) in [4.78, 5) is 12.5. The second-order valence-corrected chi connectivity index (χ2v) is 7.39. The number of aromatic nitrogens is 4. The van der Waals surface area contributed by atoms with Gasteiger partial charge in [-0.1, -0.05) is 55.9 Å². The summed E-state index contributed by atoms with van der Waals surface area (Å²) in [7, 11) is 0. The van der Waals surface area contributed by atoms with Gasteiger partial charge in [-0.2, -0.15) is 4.68 Å². The van der Waals surface area contributed by atoms with Crippen LogP contribution in [0.2, 0.25) is 0 Å². The number of nitrogens with one attached hydrogen (secondary N) is 1. The number of tetrazole rings is 1. The summed E-state index contributed by atoms with van der Waals surface area (Å²) in [5.41, 5.74) is 4.03. The van der Waals surface area contributed by atoms with E-state index in [1.807, 2.05) is 49.4 Å². The van der Waals surface area contributed by atoms with Crippen LogP contribution in [0.4, 0.5) is 5.69 Å². The minimum atomic E-state index is -0.0745. The first-order chi connectivity index (χ1) is 13.1. The summed E-state index contributed by atoms with van der Waals surface area (Å²) in [6.45, 7) is 6.32. The predicted octanol–water partition coefficient (Wildman–Crippen LogP) is 4.22. The molecule has 1 amide bonds. The molecule has 0 saturated carbocycles. The molecular formula is C20H23N5OS. The third-order valence-corrected chi connectivity index (χ3v) is 5.32. The van der Waals surface area contributed by atoms with E-state index in [2.05, 4.69) is 40.8 Å². The Labute approximate surface area is 163 Å². The lowest BCUT2D eigenvalue weighted by Crippen LogP contribution is -2.16. The number of aryl methyl sites for hydroxylation is 1. The number of thioether (sulfide) groups is 1. The van der Waals surface area contributed by atoms with Crippen molar-refractivity contribution in [3.8, 4) is 5.69 Å². The van der Waals surface area contributed by atoms with E-state index in [9.17, 15) is 4.79 Å². The van der Waals surface area contributed by atoms with Gasteiger partial charge in [0.2, 0.25) is 11.1 Å². The van der Waals surface area contributed by atoms with Crippen molar-refractivity contribution in [2.45, 2.75) is 38.3 Å². The van der Waals surface area contributed by atoms with Crippen LogP contribution in [0.1, 0.15) is 37.3 Å². The van der Waals surface area contributed by atoms with Crippen molar-refractivity contribution in [2.75, 3.05) is 11.1 Å². The fourth-order valence-corrected chi connectivity index (χ4v) is 3.46. The maximum atomic E-state index is 12.5. The van der Waals surface area contributed by atoms with Gasteiger partial charge in [0.1, 0.15) is 0 Å². The van der Waals surface area contributed by atoms with Crippen molar-refractivity contribution in [3.05, 3.63) is 59.7 Å². The molecule has 3 rings (SSSR count). The van der Waals surface area contributed by atoms with Gasteiger partial charge in [0.05, 0.1) is 11.4 Å². The van der Waals surface area contributed by atoms with Crippen LogP contribution in [0.15, 0.2) is 53.7 Å². The van der Waals surface area contributed by atoms with Crippen LogP contribution < -0.4 is 5.32 Å². The fraction of sp³-hybridized carbons (Fsp3) is 0.300. The predicted molar refractivity (Wildman–Crippen MR) is 108 cm³/mol. The van der Waals surface area contributed by atoms with E-state index in [-0.39, 0.29) is 11.7 Å². The molecule has 7 heteroatoms. The summed E-state index contributed by atoms with van der Waals surface area (Å²) >= 11 is 1.32. The van der Waals surface area contributed by atoms with Crippen molar-refractivity contribution >= 4 is 23.4 Å². The quantitative estimate of drug-likeness (QED) is 0.621. The molecule has 140 valence electrons. The van der Waals surface area contributed by atoms with Gasteiger partial charge < -0.3 is 5.32 Å². The number of hydrogen-bond donors (Lipinski definition) is 1. The SMILES string of the molecule is CC[C@@H](C)c1ccccc1NC(=O)CSc1nnnn1-c1cccc(C)c1. The molecule has 3 aromatic rings. The van der Waals surface area contributed by atoms with Crippen molar-refractivity contribution in [3.63, 3.8) is 0 Å². The molecule has 27 heavy (non-hydrogen) atoms. The Morgan fingerprint density at radius 2 is 2.04 bits per heavy atom. The zero-order chi connectivity index (χ0) is 19.2. The minimum absolute atomic E-state index is 0.0745. The number of anilines is 1. The summed E-state index contributed by atoms with van der Waals surface area (Å²) in [6.07, 6.45) is 1.02. The Balaban J connectivity index is 1.67.